The van der Waals surface area contributed by atoms with Gasteiger partial charge in [0.1, 0.15) is 16.5 Å². The number of halogens is 2. The first kappa shape index (κ1) is 13.3. The maximum atomic E-state index is 13.4. The van der Waals surface area contributed by atoms with E-state index in [1.54, 1.807) is 12.1 Å². The molecule has 3 N–H and O–H groups in total. The van der Waals surface area contributed by atoms with Crippen molar-refractivity contribution < 1.29 is 17.2 Å². The molecule has 2 rings (SSSR count). The summed E-state index contributed by atoms with van der Waals surface area (Å²) in [6.45, 7) is 0. The van der Waals surface area contributed by atoms with Crippen LogP contribution in [0, 0.1) is 11.6 Å². The number of anilines is 2. The molecule has 4 nitrogen and oxygen atoms in total. The number of sulfonamides is 1. The summed E-state index contributed by atoms with van der Waals surface area (Å²) in [5, 5.41) is 0. The molecule has 0 aliphatic heterocycles. The van der Waals surface area contributed by atoms with Gasteiger partial charge in [0.05, 0.1) is 5.69 Å². The first-order valence-corrected chi connectivity index (χ1v) is 6.70. The van der Waals surface area contributed by atoms with Crippen LogP contribution in [0.2, 0.25) is 0 Å². The highest BCUT2D eigenvalue weighted by Gasteiger charge is 2.19. The van der Waals surface area contributed by atoms with Gasteiger partial charge in [0.2, 0.25) is 0 Å². The van der Waals surface area contributed by atoms with Crippen LogP contribution in [0.3, 0.4) is 0 Å². The van der Waals surface area contributed by atoms with Crippen LogP contribution in [0.1, 0.15) is 0 Å². The third kappa shape index (κ3) is 3.00. The molecule has 0 unspecified atom stereocenters. The number of rotatable bonds is 3. The van der Waals surface area contributed by atoms with Crippen LogP contribution < -0.4 is 10.5 Å². The SMILES string of the molecule is Nc1cccc(NS(=O)(=O)c2ccc(F)cc2F)c1. The maximum absolute atomic E-state index is 13.4. The zero-order valence-electron chi connectivity index (χ0n) is 9.60. The molecule has 0 aromatic heterocycles. The molecule has 0 saturated carbocycles. The van der Waals surface area contributed by atoms with Crippen molar-refractivity contribution in [3.8, 4) is 0 Å². The van der Waals surface area contributed by atoms with E-state index in [2.05, 4.69) is 4.72 Å². The third-order valence-corrected chi connectivity index (χ3v) is 3.74. The highest BCUT2D eigenvalue weighted by Crippen LogP contribution is 2.20. The number of nitrogens with one attached hydrogen (secondary N) is 1. The summed E-state index contributed by atoms with van der Waals surface area (Å²) in [7, 11) is -4.12. The van der Waals surface area contributed by atoms with E-state index in [1.165, 1.54) is 12.1 Å². The smallest absolute Gasteiger partial charge is 0.264 e. The monoisotopic (exact) mass is 284 g/mol. The van der Waals surface area contributed by atoms with Crippen molar-refractivity contribution in [2.45, 2.75) is 4.90 Å². The second-order valence-electron chi connectivity index (χ2n) is 3.81. The fourth-order valence-electron chi connectivity index (χ4n) is 1.51. The van der Waals surface area contributed by atoms with Crippen LogP contribution in [-0.4, -0.2) is 8.42 Å². The van der Waals surface area contributed by atoms with E-state index in [9.17, 15) is 17.2 Å². The molecule has 0 bridgehead atoms. The molecule has 0 amide bonds. The van der Waals surface area contributed by atoms with E-state index < -0.39 is 26.6 Å². The van der Waals surface area contributed by atoms with E-state index >= 15 is 0 Å². The minimum Gasteiger partial charge on any atom is -0.399 e. The van der Waals surface area contributed by atoms with Gasteiger partial charge < -0.3 is 5.73 Å². The fourth-order valence-corrected chi connectivity index (χ4v) is 2.62. The van der Waals surface area contributed by atoms with E-state index in [4.69, 9.17) is 5.73 Å². The van der Waals surface area contributed by atoms with Crippen molar-refractivity contribution in [2.75, 3.05) is 10.5 Å². The summed E-state index contributed by atoms with van der Waals surface area (Å²) in [6.07, 6.45) is 0. The quantitative estimate of drug-likeness (QED) is 0.850. The minimum absolute atomic E-state index is 0.198. The summed E-state index contributed by atoms with van der Waals surface area (Å²) in [4.78, 5) is -0.628. The largest absolute Gasteiger partial charge is 0.399 e. The fraction of sp³-hybridized carbons (Fsp3) is 0. The van der Waals surface area contributed by atoms with Crippen LogP contribution in [0.4, 0.5) is 20.2 Å². The molecule has 2 aromatic carbocycles. The molecule has 0 saturated heterocycles. The first-order chi connectivity index (χ1) is 8.88. The van der Waals surface area contributed by atoms with Gasteiger partial charge in [-0.15, -0.1) is 0 Å². The van der Waals surface area contributed by atoms with E-state index in [0.29, 0.717) is 11.8 Å². The molecule has 7 heteroatoms. The van der Waals surface area contributed by atoms with Gasteiger partial charge >= 0.3 is 0 Å². The summed E-state index contributed by atoms with van der Waals surface area (Å²) in [5.74, 6) is -2.00. The molecule has 19 heavy (non-hydrogen) atoms. The molecule has 0 spiro atoms. The number of hydrogen-bond donors (Lipinski definition) is 2. The van der Waals surface area contributed by atoms with Crippen molar-refractivity contribution in [1.82, 2.24) is 0 Å². The molecule has 0 atom stereocenters. The molecule has 0 aliphatic carbocycles. The third-order valence-electron chi connectivity index (χ3n) is 2.32. The van der Waals surface area contributed by atoms with Crippen molar-refractivity contribution in [2.24, 2.45) is 0 Å². The zero-order valence-corrected chi connectivity index (χ0v) is 10.4. The lowest BCUT2D eigenvalue weighted by Gasteiger charge is -2.09. The van der Waals surface area contributed by atoms with Crippen LogP contribution in [0.25, 0.3) is 0 Å². The Morgan fingerprint density at radius 1 is 1.05 bits per heavy atom. The minimum atomic E-state index is -4.12. The van der Waals surface area contributed by atoms with E-state index in [-0.39, 0.29) is 5.69 Å². The molecule has 2 aromatic rings. The normalized spacial score (nSPS) is 11.3. The first-order valence-electron chi connectivity index (χ1n) is 5.22. The topological polar surface area (TPSA) is 72.2 Å². The Balaban J connectivity index is 2.38. The lowest BCUT2D eigenvalue weighted by molar-refractivity contribution is 0.551. The highest BCUT2D eigenvalue weighted by atomic mass is 32.2. The van der Waals surface area contributed by atoms with Gasteiger partial charge in [-0.2, -0.15) is 0 Å². The summed E-state index contributed by atoms with van der Waals surface area (Å²) in [5.41, 5.74) is 6.07. The summed E-state index contributed by atoms with van der Waals surface area (Å²) < 4.78 is 52.2. The molecular formula is C12H10F2N2O2S. The lowest BCUT2D eigenvalue weighted by atomic mass is 10.3. The Labute approximate surface area is 108 Å². The average Bonchev–Trinajstić information content (AvgIpc) is 2.27. The number of benzene rings is 2. The lowest BCUT2D eigenvalue weighted by Crippen LogP contribution is -2.14. The number of nitrogens with two attached hydrogens (primary N) is 1. The van der Waals surface area contributed by atoms with Gasteiger partial charge in [-0.1, -0.05) is 6.07 Å². The van der Waals surface area contributed by atoms with Crippen molar-refractivity contribution in [1.29, 1.82) is 0 Å². The number of nitrogen functional groups attached to an aromatic ring is 1. The number of hydrogen-bond acceptors (Lipinski definition) is 3. The summed E-state index contributed by atoms with van der Waals surface area (Å²) in [6, 6.07) is 8.23. The Morgan fingerprint density at radius 2 is 1.79 bits per heavy atom. The predicted octanol–water partition coefficient (Wildman–Crippen LogP) is 2.35. The zero-order chi connectivity index (χ0) is 14.0. The van der Waals surface area contributed by atoms with Crippen LogP contribution in [-0.2, 0) is 10.0 Å². The van der Waals surface area contributed by atoms with Crippen LogP contribution >= 0.6 is 0 Å². The standard InChI is InChI=1S/C12H10F2N2O2S/c13-8-4-5-12(11(14)6-8)19(17,18)16-10-3-1-2-9(15)7-10/h1-7,16H,15H2. The van der Waals surface area contributed by atoms with E-state index in [1.807, 2.05) is 0 Å². The Morgan fingerprint density at radius 3 is 2.42 bits per heavy atom. The Bertz CT molecular complexity index is 717. The maximum Gasteiger partial charge on any atom is 0.264 e. The molecule has 100 valence electrons. The van der Waals surface area contributed by atoms with Gasteiger partial charge in [-0.05, 0) is 30.3 Å². The Kier molecular flexibility index (Phi) is 3.39. The average molecular weight is 284 g/mol. The molecule has 0 radical (unpaired) electrons. The Hall–Kier alpha value is -2.15. The molecule has 0 aliphatic rings. The van der Waals surface area contributed by atoms with Crippen molar-refractivity contribution >= 4 is 21.4 Å². The second-order valence-corrected chi connectivity index (χ2v) is 5.46. The van der Waals surface area contributed by atoms with Gasteiger partial charge in [0, 0.05) is 11.8 Å². The molecule has 0 heterocycles. The summed E-state index contributed by atoms with van der Waals surface area (Å²) >= 11 is 0. The predicted molar refractivity (Wildman–Crippen MR) is 68.0 cm³/mol. The van der Waals surface area contributed by atoms with Crippen molar-refractivity contribution in [3.05, 3.63) is 54.1 Å². The molecule has 0 fully saturated rings. The van der Waals surface area contributed by atoms with Crippen LogP contribution in [0.15, 0.2) is 47.4 Å². The van der Waals surface area contributed by atoms with Gasteiger partial charge in [0.15, 0.2) is 0 Å². The van der Waals surface area contributed by atoms with Crippen LogP contribution in [0.5, 0.6) is 0 Å². The van der Waals surface area contributed by atoms with Crippen molar-refractivity contribution in [3.63, 3.8) is 0 Å². The highest BCUT2D eigenvalue weighted by molar-refractivity contribution is 7.92. The van der Waals surface area contributed by atoms with Gasteiger partial charge in [-0.25, -0.2) is 17.2 Å². The van der Waals surface area contributed by atoms with E-state index in [0.717, 1.165) is 12.1 Å². The second kappa shape index (κ2) is 4.85. The van der Waals surface area contributed by atoms with Gasteiger partial charge in [-0.3, -0.25) is 4.72 Å². The van der Waals surface area contributed by atoms with Gasteiger partial charge in [0.25, 0.3) is 10.0 Å². The molecular weight excluding hydrogens is 274 g/mol.